The molecular formula is C11H13ClFNO. The van der Waals surface area contributed by atoms with Crippen molar-refractivity contribution in [1.82, 2.24) is 4.90 Å². The number of morpholine rings is 1. The zero-order valence-corrected chi connectivity index (χ0v) is 9.13. The molecule has 0 amide bonds. The fourth-order valence-electron chi connectivity index (χ4n) is 1.66. The Bertz CT molecular complexity index is 339. The van der Waals surface area contributed by atoms with Crippen LogP contribution in [-0.4, -0.2) is 31.2 Å². The third kappa shape index (κ3) is 2.91. The maximum Gasteiger partial charge on any atom is 0.141 e. The van der Waals surface area contributed by atoms with Gasteiger partial charge in [0.2, 0.25) is 0 Å². The van der Waals surface area contributed by atoms with Gasteiger partial charge in [-0.2, -0.15) is 0 Å². The first-order chi connectivity index (χ1) is 7.25. The van der Waals surface area contributed by atoms with Gasteiger partial charge in [0.15, 0.2) is 0 Å². The van der Waals surface area contributed by atoms with Crippen molar-refractivity contribution in [3.63, 3.8) is 0 Å². The molecule has 0 radical (unpaired) electrons. The molecule has 1 aromatic rings. The maximum absolute atomic E-state index is 12.9. The second-order valence-corrected chi connectivity index (χ2v) is 4.04. The third-order valence-electron chi connectivity index (χ3n) is 2.49. The summed E-state index contributed by atoms with van der Waals surface area (Å²) in [5, 5.41) is 0.195. The molecule has 1 saturated heterocycles. The molecule has 0 bridgehead atoms. The summed E-state index contributed by atoms with van der Waals surface area (Å²) >= 11 is 5.71. The van der Waals surface area contributed by atoms with Gasteiger partial charge in [-0.15, -0.1) is 0 Å². The molecule has 0 aromatic heterocycles. The van der Waals surface area contributed by atoms with Gasteiger partial charge in [-0.3, -0.25) is 4.90 Å². The van der Waals surface area contributed by atoms with Crippen LogP contribution in [0, 0.1) is 5.82 Å². The second-order valence-electron chi connectivity index (χ2n) is 3.64. The molecule has 1 fully saturated rings. The highest BCUT2D eigenvalue weighted by Gasteiger charge is 2.11. The smallest absolute Gasteiger partial charge is 0.141 e. The van der Waals surface area contributed by atoms with Crippen molar-refractivity contribution < 1.29 is 9.13 Å². The minimum atomic E-state index is -0.359. The van der Waals surface area contributed by atoms with E-state index < -0.39 is 0 Å². The van der Waals surface area contributed by atoms with Crippen LogP contribution < -0.4 is 0 Å². The molecule has 0 N–H and O–H groups in total. The lowest BCUT2D eigenvalue weighted by molar-refractivity contribution is 0.0342. The van der Waals surface area contributed by atoms with Gasteiger partial charge in [0.25, 0.3) is 0 Å². The Balaban J connectivity index is 2.00. The SMILES string of the molecule is Fc1ccc(CN2CCOCC2)cc1Cl. The van der Waals surface area contributed by atoms with Crippen LogP contribution in [0.3, 0.4) is 0 Å². The topological polar surface area (TPSA) is 12.5 Å². The number of nitrogens with zero attached hydrogens (tertiary/aromatic N) is 1. The number of ether oxygens (including phenoxy) is 1. The average Bonchev–Trinajstić information content (AvgIpc) is 2.25. The fourth-order valence-corrected chi connectivity index (χ4v) is 1.86. The van der Waals surface area contributed by atoms with Crippen molar-refractivity contribution in [2.75, 3.05) is 26.3 Å². The predicted octanol–water partition coefficient (Wildman–Crippen LogP) is 2.31. The summed E-state index contributed by atoms with van der Waals surface area (Å²) in [6.45, 7) is 4.21. The molecule has 0 spiro atoms. The van der Waals surface area contributed by atoms with E-state index in [0.717, 1.165) is 38.4 Å². The van der Waals surface area contributed by atoms with Crippen LogP contribution >= 0.6 is 11.6 Å². The van der Waals surface area contributed by atoms with Gasteiger partial charge >= 0.3 is 0 Å². The molecule has 4 heteroatoms. The standard InChI is InChI=1S/C11H13ClFNO/c12-10-7-9(1-2-11(10)13)8-14-3-5-15-6-4-14/h1-2,7H,3-6,8H2. The van der Waals surface area contributed by atoms with E-state index in [1.165, 1.54) is 6.07 Å². The minimum Gasteiger partial charge on any atom is -0.379 e. The first-order valence-corrected chi connectivity index (χ1v) is 5.37. The van der Waals surface area contributed by atoms with E-state index in [4.69, 9.17) is 16.3 Å². The number of benzene rings is 1. The van der Waals surface area contributed by atoms with E-state index in [1.807, 2.05) is 0 Å². The van der Waals surface area contributed by atoms with Crippen molar-refractivity contribution >= 4 is 11.6 Å². The van der Waals surface area contributed by atoms with Crippen LogP contribution in [0.5, 0.6) is 0 Å². The Morgan fingerprint density at radius 3 is 2.73 bits per heavy atom. The fraction of sp³-hybridized carbons (Fsp3) is 0.455. The Morgan fingerprint density at radius 1 is 1.33 bits per heavy atom. The van der Waals surface area contributed by atoms with Gasteiger partial charge in [0, 0.05) is 19.6 Å². The van der Waals surface area contributed by atoms with E-state index in [9.17, 15) is 4.39 Å². The van der Waals surface area contributed by atoms with Crippen molar-refractivity contribution in [2.24, 2.45) is 0 Å². The van der Waals surface area contributed by atoms with Gasteiger partial charge in [0.05, 0.1) is 18.2 Å². The largest absolute Gasteiger partial charge is 0.379 e. The van der Waals surface area contributed by atoms with Crippen molar-refractivity contribution in [2.45, 2.75) is 6.54 Å². The molecule has 1 aliphatic rings. The molecule has 1 aliphatic heterocycles. The zero-order chi connectivity index (χ0) is 10.7. The van der Waals surface area contributed by atoms with Gasteiger partial charge in [-0.05, 0) is 17.7 Å². The zero-order valence-electron chi connectivity index (χ0n) is 8.38. The molecule has 2 nitrogen and oxygen atoms in total. The van der Waals surface area contributed by atoms with Crippen LogP contribution in [0.2, 0.25) is 5.02 Å². The van der Waals surface area contributed by atoms with Crippen molar-refractivity contribution in [3.05, 3.63) is 34.6 Å². The van der Waals surface area contributed by atoms with Gasteiger partial charge in [-0.25, -0.2) is 4.39 Å². The van der Waals surface area contributed by atoms with E-state index in [2.05, 4.69) is 4.90 Å². The molecule has 1 heterocycles. The van der Waals surface area contributed by atoms with Crippen LogP contribution in [-0.2, 0) is 11.3 Å². The normalized spacial score (nSPS) is 18.0. The molecule has 82 valence electrons. The number of rotatable bonds is 2. The van der Waals surface area contributed by atoms with E-state index in [1.54, 1.807) is 12.1 Å². The molecule has 0 saturated carbocycles. The Morgan fingerprint density at radius 2 is 2.07 bits per heavy atom. The van der Waals surface area contributed by atoms with Crippen LogP contribution in [0.25, 0.3) is 0 Å². The minimum absolute atomic E-state index is 0.195. The summed E-state index contributed by atoms with van der Waals surface area (Å²) in [6.07, 6.45) is 0. The molecular weight excluding hydrogens is 217 g/mol. The Kier molecular flexibility index (Phi) is 3.57. The predicted molar refractivity (Wildman–Crippen MR) is 57.5 cm³/mol. The summed E-state index contributed by atoms with van der Waals surface area (Å²) in [4.78, 5) is 2.27. The quantitative estimate of drug-likeness (QED) is 0.772. The van der Waals surface area contributed by atoms with Gasteiger partial charge in [-0.1, -0.05) is 17.7 Å². The molecule has 0 atom stereocenters. The first-order valence-electron chi connectivity index (χ1n) is 5.00. The van der Waals surface area contributed by atoms with Crippen molar-refractivity contribution in [3.8, 4) is 0 Å². The van der Waals surface area contributed by atoms with Crippen molar-refractivity contribution in [1.29, 1.82) is 0 Å². The third-order valence-corrected chi connectivity index (χ3v) is 2.78. The van der Waals surface area contributed by atoms with Crippen LogP contribution in [0.15, 0.2) is 18.2 Å². The summed E-state index contributed by atoms with van der Waals surface area (Å²) in [5.74, 6) is -0.359. The van der Waals surface area contributed by atoms with Crippen LogP contribution in [0.1, 0.15) is 5.56 Å². The summed E-state index contributed by atoms with van der Waals surface area (Å²) in [5.41, 5.74) is 1.04. The first kappa shape index (κ1) is 10.9. The van der Waals surface area contributed by atoms with Gasteiger partial charge < -0.3 is 4.74 Å². The average molecular weight is 230 g/mol. The molecule has 2 rings (SSSR count). The Hall–Kier alpha value is -0.640. The molecule has 1 aromatic carbocycles. The highest BCUT2D eigenvalue weighted by atomic mass is 35.5. The summed E-state index contributed by atoms with van der Waals surface area (Å²) in [7, 11) is 0. The van der Waals surface area contributed by atoms with Gasteiger partial charge in [0.1, 0.15) is 5.82 Å². The number of hydrogen-bond donors (Lipinski definition) is 0. The lowest BCUT2D eigenvalue weighted by Crippen LogP contribution is -2.35. The Labute approximate surface area is 93.6 Å². The number of hydrogen-bond acceptors (Lipinski definition) is 2. The van der Waals surface area contributed by atoms with E-state index >= 15 is 0 Å². The lowest BCUT2D eigenvalue weighted by Gasteiger charge is -2.26. The second kappa shape index (κ2) is 4.92. The highest BCUT2D eigenvalue weighted by Crippen LogP contribution is 2.17. The number of halogens is 2. The summed E-state index contributed by atoms with van der Waals surface area (Å²) < 4.78 is 18.2. The monoisotopic (exact) mass is 229 g/mol. The molecule has 0 aliphatic carbocycles. The molecule has 15 heavy (non-hydrogen) atoms. The molecule has 0 unspecified atom stereocenters. The lowest BCUT2D eigenvalue weighted by atomic mass is 10.2. The summed E-state index contributed by atoms with van der Waals surface area (Å²) in [6, 6.07) is 4.88. The highest BCUT2D eigenvalue weighted by molar-refractivity contribution is 6.30. The maximum atomic E-state index is 12.9. The van der Waals surface area contributed by atoms with E-state index in [-0.39, 0.29) is 10.8 Å². The van der Waals surface area contributed by atoms with E-state index in [0.29, 0.717) is 0 Å². The van der Waals surface area contributed by atoms with Crippen LogP contribution in [0.4, 0.5) is 4.39 Å².